The van der Waals surface area contributed by atoms with Gasteiger partial charge in [-0.2, -0.15) is 0 Å². The first-order chi connectivity index (χ1) is 22.1. The largest absolute Gasteiger partial charge is 0.463 e. The molecule has 1 N–H and O–H groups in total. The van der Waals surface area contributed by atoms with Crippen LogP contribution in [0, 0.1) is 0 Å². The molecule has 0 spiro atoms. The molecular weight excluding hydrogens is 564 g/mol. The number of ether oxygens (including phenoxy) is 3. The molecule has 2 unspecified atom stereocenters. The second-order valence-corrected chi connectivity index (χ2v) is 13.4. The Morgan fingerprint density at radius 3 is 1.49 bits per heavy atom. The van der Waals surface area contributed by atoms with Gasteiger partial charge in [0.25, 0.3) is 0 Å². The zero-order valence-corrected chi connectivity index (χ0v) is 29.6. The van der Waals surface area contributed by atoms with E-state index < -0.39 is 6.10 Å². The van der Waals surface area contributed by atoms with Crippen LogP contribution in [0.2, 0.25) is 0 Å². The minimum absolute atomic E-state index is 0.119. The first-order valence-corrected chi connectivity index (χ1v) is 19.4. The molecular formula is C39H72O6. The summed E-state index contributed by atoms with van der Waals surface area (Å²) in [6, 6.07) is 0. The number of allylic oxidation sites excluding steroid dienone is 1. The highest BCUT2D eigenvalue weighted by molar-refractivity contribution is 5.69. The molecule has 45 heavy (non-hydrogen) atoms. The number of hydrogen-bond acceptors (Lipinski definition) is 6. The topological polar surface area (TPSA) is 85.4 Å². The van der Waals surface area contributed by atoms with Crippen LogP contribution in [0.25, 0.3) is 0 Å². The van der Waals surface area contributed by atoms with Crippen LogP contribution in [0.4, 0.5) is 0 Å². The molecule has 6 heteroatoms. The highest BCUT2D eigenvalue weighted by atomic mass is 16.6. The third-order valence-corrected chi connectivity index (χ3v) is 8.92. The second kappa shape index (κ2) is 31.2. The fourth-order valence-electron chi connectivity index (χ4n) is 5.86. The molecule has 0 saturated carbocycles. The molecule has 0 bridgehead atoms. The summed E-state index contributed by atoms with van der Waals surface area (Å²) in [7, 11) is 0. The van der Waals surface area contributed by atoms with Crippen LogP contribution in [0.5, 0.6) is 0 Å². The Morgan fingerprint density at radius 1 is 0.578 bits per heavy atom. The number of carbonyl (C=O) groups excluding carboxylic acids is 2. The summed E-state index contributed by atoms with van der Waals surface area (Å²) in [5.41, 5.74) is 0. The lowest BCUT2D eigenvalue weighted by molar-refractivity contribution is -0.152. The normalized spacial score (nSPS) is 16.7. The highest BCUT2D eigenvalue weighted by Gasteiger charge is 2.36. The van der Waals surface area contributed by atoms with E-state index in [0.717, 1.165) is 51.4 Å². The van der Waals surface area contributed by atoms with Gasteiger partial charge in [0.2, 0.25) is 0 Å². The first-order valence-electron chi connectivity index (χ1n) is 19.4. The summed E-state index contributed by atoms with van der Waals surface area (Å²) >= 11 is 0. The van der Waals surface area contributed by atoms with Crippen molar-refractivity contribution in [3.05, 3.63) is 12.2 Å². The Kier molecular flexibility index (Phi) is 28.9. The third kappa shape index (κ3) is 28.5. The van der Waals surface area contributed by atoms with Gasteiger partial charge in [0.1, 0.15) is 19.3 Å². The minimum atomic E-state index is -0.967. The van der Waals surface area contributed by atoms with E-state index in [0.29, 0.717) is 25.0 Å². The maximum atomic E-state index is 12.0. The molecule has 0 aromatic heterocycles. The van der Waals surface area contributed by atoms with Gasteiger partial charge in [0, 0.05) is 12.8 Å². The van der Waals surface area contributed by atoms with Gasteiger partial charge in [-0.3, -0.25) is 9.59 Å². The van der Waals surface area contributed by atoms with Gasteiger partial charge in [0.05, 0.1) is 12.2 Å². The molecule has 0 aromatic rings. The zero-order valence-electron chi connectivity index (χ0n) is 29.6. The summed E-state index contributed by atoms with van der Waals surface area (Å²) in [6.07, 6.45) is 37.2. The Hall–Kier alpha value is -1.40. The molecule has 1 fully saturated rings. The Balaban J connectivity index is 1.80. The summed E-state index contributed by atoms with van der Waals surface area (Å²) in [6.45, 7) is 4.26. The maximum Gasteiger partial charge on any atom is 0.305 e. The zero-order chi connectivity index (χ0) is 32.6. The number of esters is 2. The SMILES string of the molecule is CCCCCCCCCCCCCCCCCC(=O)OC[C@H](O)COC(=O)CCCCCCC/C=C\CC1OC1CCCCC. The predicted molar refractivity (Wildman–Crippen MR) is 186 cm³/mol. The molecule has 0 aliphatic carbocycles. The number of aliphatic hydroxyl groups is 1. The van der Waals surface area contributed by atoms with Crippen molar-refractivity contribution in [2.45, 2.75) is 212 Å². The van der Waals surface area contributed by atoms with Crippen molar-refractivity contribution in [2.24, 2.45) is 0 Å². The van der Waals surface area contributed by atoms with Gasteiger partial charge >= 0.3 is 11.9 Å². The smallest absolute Gasteiger partial charge is 0.305 e. The lowest BCUT2D eigenvalue weighted by Gasteiger charge is -2.12. The Labute approximate surface area is 277 Å². The predicted octanol–water partition coefficient (Wildman–Crippen LogP) is 10.7. The fraction of sp³-hybridized carbons (Fsp3) is 0.897. The summed E-state index contributed by atoms with van der Waals surface area (Å²) in [4.78, 5) is 23.9. The number of carbonyl (C=O) groups is 2. The molecule has 1 aliphatic heterocycles. The number of rotatable bonds is 34. The van der Waals surface area contributed by atoms with Crippen LogP contribution >= 0.6 is 0 Å². The van der Waals surface area contributed by atoms with Crippen molar-refractivity contribution in [1.29, 1.82) is 0 Å². The van der Waals surface area contributed by atoms with E-state index in [-0.39, 0.29) is 25.2 Å². The molecule has 0 radical (unpaired) electrons. The van der Waals surface area contributed by atoms with Crippen LogP contribution in [0.15, 0.2) is 12.2 Å². The minimum Gasteiger partial charge on any atom is -0.463 e. The van der Waals surface area contributed by atoms with Crippen LogP contribution < -0.4 is 0 Å². The van der Waals surface area contributed by atoms with Crippen molar-refractivity contribution in [3.8, 4) is 0 Å². The first kappa shape index (κ1) is 41.6. The maximum absolute atomic E-state index is 12.0. The molecule has 1 rings (SSSR count). The summed E-state index contributed by atoms with van der Waals surface area (Å²) in [5.74, 6) is -0.578. The average molecular weight is 637 g/mol. The third-order valence-electron chi connectivity index (χ3n) is 8.92. The van der Waals surface area contributed by atoms with Gasteiger partial charge in [0.15, 0.2) is 0 Å². The molecule has 264 valence electrons. The molecule has 1 aliphatic rings. The van der Waals surface area contributed by atoms with Crippen molar-refractivity contribution in [2.75, 3.05) is 13.2 Å². The van der Waals surface area contributed by atoms with Gasteiger partial charge in [-0.05, 0) is 38.5 Å². The Bertz CT molecular complexity index is 708. The van der Waals surface area contributed by atoms with Gasteiger partial charge in [-0.25, -0.2) is 0 Å². The van der Waals surface area contributed by atoms with E-state index in [1.54, 1.807) is 0 Å². The van der Waals surface area contributed by atoms with E-state index >= 15 is 0 Å². The van der Waals surface area contributed by atoms with Crippen LogP contribution in [0.1, 0.15) is 194 Å². The Morgan fingerprint density at radius 2 is 1.00 bits per heavy atom. The second-order valence-electron chi connectivity index (χ2n) is 13.4. The van der Waals surface area contributed by atoms with Crippen LogP contribution in [-0.2, 0) is 23.8 Å². The van der Waals surface area contributed by atoms with E-state index in [1.165, 1.54) is 116 Å². The van der Waals surface area contributed by atoms with E-state index in [2.05, 4.69) is 26.0 Å². The van der Waals surface area contributed by atoms with Crippen molar-refractivity contribution in [1.82, 2.24) is 0 Å². The van der Waals surface area contributed by atoms with Crippen LogP contribution in [-0.4, -0.2) is 48.6 Å². The van der Waals surface area contributed by atoms with E-state index in [9.17, 15) is 14.7 Å². The number of unbranched alkanes of at least 4 members (excludes halogenated alkanes) is 21. The highest BCUT2D eigenvalue weighted by Crippen LogP contribution is 2.30. The van der Waals surface area contributed by atoms with Crippen molar-refractivity contribution in [3.63, 3.8) is 0 Å². The number of hydrogen-bond donors (Lipinski definition) is 1. The lowest BCUT2D eigenvalue weighted by atomic mass is 10.0. The van der Waals surface area contributed by atoms with Crippen molar-refractivity contribution < 1.29 is 28.9 Å². The molecule has 6 nitrogen and oxygen atoms in total. The van der Waals surface area contributed by atoms with Gasteiger partial charge in [-0.1, -0.05) is 154 Å². The van der Waals surface area contributed by atoms with E-state index in [1.807, 2.05) is 0 Å². The molecule has 1 saturated heterocycles. The molecule has 1 heterocycles. The summed E-state index contributed by atoms with van der Waals surface area (Å²) in [5, 5.41) is 10.0. The average Bonchev–Trinajstić information content (AvgIpc) is 3.79. The number of epoxide rings is 1. The summed E-state index contributed by atoms with van der Waals surface area (Å²) < 4.78 is 16.0. The lowest BCUT2D eigenvalue weighted by Crippen LogP contribution is -2.25. The monoisotopic (exact) mass is 637 g/mol. The van der Waals surface area contributed by atoms with E-state index in [4.69, 9.17) is 14.2 Å². The fourth-order valence-corrected chi connectivity index (χ4v) is 5.86. The van der Waals surface area contributed by atoms with Crippen molar-refractivity contribution >= 4 is 11.9 Å². The van der Waals surface area contributed by atoms with Gasteiger partial charge in [-0.15, -0.1) is 0 Å². The molecule has 0 aromatic carbocycles. The van der Waals surface area contributed by atoms with Crippen LogP contribution in [0.3, 0.4) is 0 Å². The standard InChI is InChI=1S/C39H72O6/c1-3-5-7-8-9-10-11-12-13-14-15-16-20-23-27-31-38(41)43-33-35(40)34-44-39(42)32-28-24-21-18-17-19-22-26-30-37-36(45-37)29-25-6-4-2/h22,26,35-37,40H,3-21,23-25,27-34H2,1-2H3/b26-22-/t35-,36?,37?/m0/s1. The molecule has 0 amide bonds. The quantitative estimate of drug-likeness (QED) is 0.0327. The molecule has 3 atom stereocenters. The van der Waals surface area contributed by atoms with Gasteiger partial charge < -0.3 is 19.3 Å². The number of aliphatic hydroxyl groups excluding tert-OH is 1.